The van der Waals surface area contributed by atoms with Gasteiger partial charge in [0.25, 0.3) is 0 Å². The van der Waals surface area contributed by atoms with Gasteiger partial charge < -0.3 is 29.4 Å². The van der Waals surface area contributed by atoms with Crippen LogP contribution in [-0.4, -0.2) is 160 Å². The van der Waals surface area contributed by atoms with Crippen LogP contribution < -0.4 is 0 Å². The summed E-state index contributed by atoms with van der Waals surface area (Å²) in [7, 11) is 8.78. The summed E-state index contributed by atoms with van der Waals surface area (Å²) in [5, 5.41) is 0. The van der Waals surface area contributed by atoms with Gasteiger partial charge in [0.1, 0.15) is 11.6 Å². The smallest absolute Gasteiger partial charge is 0.222 e. The zero-order chi connectivity index (χ0) is 46.3. The zero-order valence-corrected chi connectivity index (χ0v) is 43.5. The lowest BCUT2D eigenvalue weighted by Gasteiger charge is -2.31. The van der Waals surface area contributed by atoms with Gasteiger partial charge in [-0.1, -0.05) is 87.5 Å². The molecular weight excluding hydrogens is 769 g/mol. The van der Waals surface area contributed by atoms with Crippen molar-refractivity contribution in [3.8, 4) is 0 Å². The third kappa shape index (κ3) is 27.8. The molecule has 6 fully saturated rings. The standard InChI is InChI=1S/C10H19NO.C10H18O.C9H17NO.C9H19N.C8H17N.C7H16N2/c1-3-10(12)8-9-4-6-11(2)7-5-9;1-3-10(11)9-6-4-8(2)5-7-9;1-3-9(11)10-6-4-8(2)5-7-10;1-3-4-9-5-7-10(2)8-6-9;1-3-8-4-6-9(2)7-5-8;1-3-9-6-4-8(2)5-7-9/h9H,3-8H2,1-2H3;8-9H,3-7H2,1-2H3;8H,3-7H2,1-2H3;9H,3-8H2,1-2H3;8H,3-7H2,1-2H3;3-7H2,1-2H3. The highest BCUT2D eigenvalue weighted by atomic mass is 16.2. The van der Waals surface area contributed by atoms with Gasteiger partial charge in [-0.3, -0.25) is 14.4 Å². The summed E-state index contributed by atoms with van der Waals surface area (Å²) in [5.74, 6) is 6.07. The molecule has 0 N–H and O–H groups in total. The molecule has 1 saturated carbocycles. The molecule has 6 aliphatic rings. The van der Waals surface area contributed by atoms with Crippen LogP contribution in [0, 0.1) is 35.5 Å². The predicted octanol–water partition coefficient (Wildman–Crippen LogP) is 10.3. The quantitative estimate of drug-likeness (QED) is 0.215. The largest absolute Gasteiger partial charge is 0.343 e. The number of rotatable bonds is 10. The number of ketones is 2. The first-order chi connectivity index (χ1) is 29.7. The third-order valence-electron chi connectivity index (χ3n) is 15.0. The van der Waals surface area contributed by atoms with E-state index in [1.54, 1.807) is 0 Å². The van der Waals surface area contributed by atoms with E-state index in [4.69, 9.17) is 0 Å². The van der Waals surface area contributed by atoms with Crippen molar-refractivity contribution in [2.75, 3.05) is 113 Å². The number of amides is 1. The van der Waals surface area contributed by atoms with Crippen LogP contribution >= 0.6 is 0 Å². The molecule has 5 aliphatic heterocycles. The maximum Gasteiger partial charge on any atom is 0.222 e. The summed E-state index contributed by atoms with van der Waals surface area (Å²) in [4.78, 5) is 47.7. The summed E-state index contributed by atoms with van der Waals surface area (Å²) in [6, 6.07) is 0. The van der Waals surface area contributed by atoms with Crippen LogP contribution in [0.2, 0.25) is 0 Å². The highest BCUT2D eigenvalue weighted by molar-refractivity contribution is 5.80. The van der Waals surface area contributed by atoms with Crippen molar-refractivity contribution in [3.63, 3.8) is 0 Å². The van der Waals surface area contributed by atoms with E-state index < -0.39 is 0 Å². The summed E-state index contributed by atoms with van der Waals surface area (Å²) >= 11 is 0. The van der Waals surface area contributed by atoms with E-state index in [0.29, 0.717) is 42.2 Å². The minimum atomic E-state index is 0.317. The highest BCUT2D eigenvalue weighted by Gasteiger charge is 2.23. The van der Waals surface area contributed by atoms with E-state index in [1.165, 1.54) is 155 Å². The Labute approximate surface area is 386 Å². The molecule has 0 atom stereocenters. The van der Waals surface area contributed by atoms with Crippen molar-refractivity contribution in [3.05, 3.63) is 0 Å². The number of likely N-dealkylation sites (tertiary alicyclic amines) is 4. The average Bonchev–Trinajstić information content (AvgIpc) is 3.29. The molecule has 5 heterocycles. The lowest BCUT2D eigenvalue weighted by Crippen LogP contribution is -2.44. The number of carbonyl (C=O) groups excluding carboxylic acids is 3. The fourth-order valence-electron chi connectivity index (χ4n) is 9.48. The number of piperidine rings is 4. The molecule has 62 heavy (non-hydrogen) atoms. The van der Waals surface area contributed by atoms with Crippen molar-refractivity contribution in [1.29, 1.82) is 0 Å². The molecule has 9 heteroatoms. The normalized spacial score (nSPS) is 24.3. The molecule has 0 bridgehead atoms. The Kier molecular flexibility index (Phi) is 33.9. The first-order valence-electron chi connectivity index (χ1n) is 26.5. The Morgan fingerprint density at radius 3 is 1.29 bits per heavy atom. The second-order valence-corrected chi connectivity index (χ2v) is 20.5. The van der Waals surface area contributed by atoms with E-state index in [1.807, 2.05) is 25.7 Å². The van der Waals surface area contributed by atoms with Gasteiger partial charge in [0.2, 0.25) is 5.91 Å². The van der Waals surface area contributed by atoms with E-state index in [0.717, 1.165) is 62.4 Å². The number of carbonyl (C=O) groups is 3. The molecule has 1 aliphatic carbocycles. The second-order valence-electron chi connectivity index (χ2n) is 20.5. The second kappa shape index (κ2) is 35.8. The Hall–Kier alpha value is -1.39. The molecule has 0 spiro atoms. The molecule has 5 saturated heterocycles. The van der Waals surface area contributed by atoms with Gasteiger partial charge in [-0.25, -0.2) is 0 Å². The van der Waals surface area contributed by atoms with Gasteiger partial charge in [0, 0.05) is 70.9 Å². The number of hydrogen-bond acceptors (Lipinski definition) is 8. The van der Waals surface area contributed by atoms with Crippen LogP contribution in [0.15, 0.2) is 0 Å². The molecule has 366 valence electrons. The first kappa shape index (κ1) is 58.6. The Morgan fingerprint density at radius 2 is 0.887 bits per heavy atom. The van der Waals surface area contributed by atoms with Crippen molar-refractivity contribution in [1.82, 2.24) is 29.4 Å². The van der Waals surface area contributed by atoms with Gasteiger partial charge >= 0.3 is 0 Å². The Balaban J connectivity index is 0.000000373. The van der Waals surface area contributed by atoms with Crippen molar-refractivity contribution < 1.29 is 14.4 Å². The minimum Gasteiger partial charge on any atom is -0.343 e. The van der Waals surface area contributed by atoms with Gasteiger partial charge in [-0.2, -0.15) is 0 Å². The number of Topliss-reactive ketones (excluding diaryl/α,β-unsaturated/α-hetero) is 2. The van der Waals surface area contributed by atoms with Crippen molar-refractivity contribution in [2.45, 2.75) is 177 Å². The van der Waals surface area contributed by atoms with Gasteiger partial charge in [0.15, 0.2) is 0 Å². The molecular formula is C53H106N6O3. The predicted molar refractivity (Wildman–Crippen MR) is 267 cm³/mol. The molecule has 0 aromatic carbocycles. The summed E-state index contributed by atoms with van der Waals surface area (Å²) in [6.07, 6.45) is 22.5. The average molecular weight is 875 g/mol. The van der Waals surface area contributed by atoms with E-state index in [2.05, 4.69) is 87.3 Å². The fourth-order valence-corrected chi connectivity index (χ4v) is 9.48. The lowest BCUT2D eigenvalue weighted by molar-refractivity contribution is -0.132. The van der Waals surface area contributed by atoms with Crippen LogP contribution in [-0.2, 0) is 14.4 Å². The molecule has 0 radical (unpaired) electrons. The number of likely N-dealkylation sites (N-methyl/N-ethyl adjacent to an activating group) is 2. The highest BCUT2D eigenvalue weighted by Crippen LogP contribution is 2.29. The van der Waals surface area contributed by atoms with E-state index in [9.17, 15) is 14.4 Å². The van der Waals surface area contributed by atoms with Crippen LogP contribution in [0.4, 0.5) is 0 Å². The third-order valence-corrected chi connectivity index (χ3v) is 15.0. The van der Waals surface area contributed by atoms with Crippen LogP contribution in [0.1, 0.15) is 177 Å². The summed E-state index contributed by atoms with van der Waals surface area (Å²) in [5.41, 5.74) is 0. The maximum absolute atomic E-state index is 11.3. The molecule has 9 nitrogen and oxygen atoms in total. The number of nitrogens with zero attached hydrogens (tertiary/aromatic N) is 6. The number of piperazine rings is 1. The van der Waals surface area contributed by atoms with Crippen LogP contribution in [0.5, 0.6) is 0 Å². The van der Waals surface area contributed by atoms with Gasteiger partial charge in [-0.05, 0) is 168 Å². The lowest BCUT2D eigenvalue weighted by atomic mass is 9.80. The maximum atomic E-state index is 11.3. The monoisotopic (exact) mass is 875 g/mol. The Morgan fingerprint density at radius 1 is 0.452 bits per heavy atom. The molecule has 0 aromatic rings. The summed E-state index contributed by atoms with van der Waals surface area (Å²) < 4.78 is 0. The van der Waals surface area contributed by atoms with E-state index in [-0.39, 0.29) is 0 Å². The molecule has 0 aromatic heterocycles. The molecule has 6 rings (SSSR count). The molecule has 0 unspecified atom stereocenters. The van der Waals surface area contributed by atoms with Gasteiger partial charge in [0.05, 0.1) is 0 Å². The Bertz CT molecular complexity index is 1030. The van der Waals surface area contributed by atoms with Crippen molar-refractivity contribution >= 4 is 17.5 Å². The zero-order valence-electron chi connectivity index (χ0n) is 43.5. The van der Waals surface area contributed by atoms with Crippen LogP contribution in [0.25, 0.3) is 0 Å². The summed E-state index contributed by atoms with van der Waals surface area (Å²) in [6.45, 7) is 33.0. The number of hydrogen-bond donors (Lipinski definition) is 0. The fraction of sp³-hybridized carbons (Fsp3) is 0.943. The molecule has 1 amide bonds. The SMILES string of the molecule is CCC(=O)C1CCC(C)CC1.CCC(=O)CC1CCN(C)CC1.CCC(=O)N1CCC(C)CC1.CCC1CCN(C)CC1.CCCC1CCN(C)CC1.CCN1CCN(C)CC1. The van der Waals surface area contributed by atoms with Crippen molar-refractivity contribution in [2.24, 2.45) is 35.5 Å². The first-order valence-corrected chi connectivity index (χ1v) is 26.5. The van der Waals surface area contributed by atoms with E-state index >= 15 is 0 Å². The van der Waals surface area contributed by atoms with Crippen LogP contribution in [0.3, 0.4) is 0 Å². The van der Waals surface area contributed by atoms with Gasteiger partial charge in [-0.15, -0.1) is 0 Å². The topological polar surface area (TPSA) is 70.6 Å². The minimum absolute atomic E-state index is 0.317.